The first-order valence-electron chi connectivity index (χ1n) is 7.50. The molecule has 0 aromatic heterocycles. The maximum absolute atomic E-state index is 11.2. The highest BCUT2D eigenvalue weighted by Gasteiger charge is 2.25. The van der Waals surface area contributed by atoms with Gasteiger partial charge in [0, 0.05) is 16.6 Å². The topological polar surface area (TPSA) is 43.1 Å². The quantitative estimate of drug-likeness (QED) is 0.321. The summed E-state index contributed by atoms with van der Waals surface area (Å²) in [6.45, 7) is 0. The van der Waals surface area contributed by atoms with E-state index >= 15 is 0 Å². The van der Waals surface area contributed by atoms with Gasteiger partial charge in [-0.2, -0.15) is 0 Å². The van der Waals surface area contributed by atoms with Crippen LogP contribution in [0.1, 0.15) is 16.7 Å². The van der Waals surface area contributed by atoms with Gasteiger partial charge in [-0.25, -0.2) is 0 Å². The summed E-state index contributed by atoms with van der Waals surface area (Å²) in [4.78, 5) is 10.8. The normalized spacial score (nSPS) is 13.6. The number of nitrogens with zero attached hydrogens (tertiary/aromatic N) is 1. The van der Waals surface area contributed by atoms with E-state index in [1.165, 1.54) is 0 Å². The van der Waals surface area contributed by atoms with E-state index in [1.54, 1.807) is 12.1 Å². The fourth-order valence-corrected chi connectivity index (χ4v) is 3.50. The lowest BCUT2D eigenvalue weighted by molar-refractivity contribution is -0.384. The molecule has 0 fully saturated rings. The van der Waals surface area contributed by atoms with Gasteiger partial charge in [-0.3, -0.25) is 10.1 Å². The molecule has 0 saturated carbocycles. The predicted molar refractivity (Wildman–Crippen MR) is 99.6 cm³/mol. The van der Waals surface area contributed by atoms with Gasteiger partial charge in [0.2, 0.25) is 0 Å². The highest BCUT2D eigenvalue weighted by Crippen LogP contribution is 2.46. The van der Waals surface area contributed by atoms with E-state index in [-0.39, 0.29) is 10.6 Å². The smallest absolute Gasteiger partial charge is 0.258 e. The number of nitro benzene ring substituents is 1. The first-order valence-corrected chi connectivity index (χ1v) is 8.29. The number of nitro groups is 1. The lowest BCUT2D eigenvalue weighted by Gasteiger charge is -2.05. The van der Waals surface area contributed by atoms with Crippen LogP contribution in [0.5, 0.6) is 0 Å². The Morgan fingerprint density at radius 3 is 2.25 bits per heavy atom. The summed E-state index contributed by atoms with van der Waals surface area (Å²) < 4.78 is 0.994. The molecule has 0 spiro atoms. The molecule has 0 radical (unpaired) electrons. The summed E-state index contributed by atoms with van der Waals surface area (Å²) in [5.41, 5.74) is 6.32. The molecule has 4 rings (SSSR count). The summed E-state index contributed by atoms with van der Waals surface area (Å²) in [5, 5.41) is 11.2. The number of hydrogen-bond acceptors (Lipinski definition) is 2. The van der Waals surface area contributed by atoms with Crippen LogP contribution in [0.15, 0.2) is 71.2 Å². The van der Waals surface area contributed by atoms with Crippen molar-refractivity contribution in [1.82, 2.24) is 0 Å². The summed E-state index contributed by atoms with van der Waals surface area (Å²) in [6, 6.07) is 21.1. The molecular formula is C20H12BrNO2. The van der Waals surface area contributed by atoms with Crippen LogP contribution in [-0.2, 0) is 0 Å². The third kappa shape index (κ3) is 2.36. The van der Waals surface area contributed by atoms with Crippen molar-refractivity contribution in [2.24, 2.45) is 0 Å². The Hall–Kier alpha value is -2.72. The third-order valence-corrected chi connectivity index (χ3v) is 4.94. The van der Waals surface area contributed by atoms with Gasteiger partial charge in [-0.1, -0.05) is 58.4 Å². The number of halogens is 1. The van der Waals surface area contributed by atoms with E-state index in [1.807, 2.05) is 42.5 Å². The van der Waals surface area contributed by atoms with Gasteiger partial charge in [-0.05, 0) is 51.6 Å². The van der Waals surface area contributed by atoms with Crippen LogP contribution in [0.2, 0.25) is 0 Å². The van der Waals surface area contributed by atoms with Crippen molar-refractivity contribution < 1.29 is 4.92 Å². The average molecular weight is 378 g/mol. The minimum atomic E-state index is -0.348. The Bertz CT molecular complexity index is 1010. The zero-order chi connectivity index (χ0) is 16.7. The van der Waals surface area contributed by atoms with Crippen molar-refractivity contribution in [2.45, 2.75) is 0 Å². The molecule has 3 aromatic rings. The standard InChI is InChI=1S/C20H12BrNO2/c21-20-8-4-1-5-13(20)11-18-16-7-3-2-6-15(16)17-10-9-14(22(23)24)12-19(17)18/h1-12H. The van der Waals surface area contributed by atoms with Crippen LogP contribution in [0.3, 0.4) is 0 Å². The highest BCUT2D eigenvalue weighted by atomic mass is 79.9. The van der Waals surface area contributed by atoms with Crippen LogP contribution in [0.4, 0.5) is 5.69 Å². The lowest BCUT2D eigenvalue weighted by atomic mass is 10.0. The van der Waals surface area contributed by atoms with Gasteiger partial charge in [0.25, 0.3) is 5.69 Å². The van der Waals surface area contributed by atoms with Crippen molar-refractivity contribution in [3.8, 4) is 11.1 Å². The summed E-state index contributed by atoms with van der Waals surface area (Å²) in [7, 11) is 0. The van der Waals surface area contributed by atoms with E-state index in [0.29, 0.717) is 0 Å². The van der Waals surface area contributed by atoms with Crippen LogP contribution < -0.4 is 0 Å². The van der Waals surface area contributed by atoms with Gasteiger partial charge < -0.3 is 0 Å². The number of rotatable bonds is 2. The number of fused-ring (bicyclic) bond motifs is 3. The second-order valence-corrected chi connectivity index (χ2v) is 6.47. The van der Waals surface area contributed by atoms with E-state index in [0.717, 1.165) is 37.9 Å². The van der Waals surface area contributed by atoms with E-state index < -0.39 is 0 Å². The minimum Gasteiger partial charge on any atom is -0.258 e. The molecule has 0 N–H and O–H groups in total. The Labute approximate surface area is 147 Å². The van der Waals surface area contributed by atoms with Crippen LogP contribution in [0.25, 0.3) is 22.8 Å². The molecule has 0 amide bonds. The van der Waals surface area contributed by atoms with Crippen molar-refractivity contribution in [3.63, 3.8) is 0 Å². The van der Waals surface area contributed by atoms with Crippen molar-refractivity contribution >= 4 is 33.3 Å². The fourth-order valence-electron chi connectivity index (χ4n) is 3.10. The monoisotopic (exact) mass is 377 g/mol. The number of benzene rings is 3. The Morgan fingerprint density at radius 1 is 0.833 bits per heavy atom. The molecular weight excluding hydrogens is 366 g/mol. The fraction of sp³-hybridized carbons (Fsp3) is 0. The first-order chi connectivity index (χ1) is 11.6. The summed E-state index contributed by atoms with van der Waals surface area (Å²) in [5.74, 6) is 0. The van der Waals surface area contributed by atoms with Gasteiger partial charge in [0.15, 0.2) is 0 Å². The Kier molecular flexibility index (Phi) is 3.54. The van der Waals surface area contributed by atoms with E-state index in [2.05, 4.69) is 34.1 Å². The minimum absolute atomic E-state index is 0.111. The molecule has 0 saturated heterocycles. The zero-order valence-electron chi connectivity index (χ0n) is 12.6. The third-order valence-electron chi connectivity index (χ3n) is 4.22. The first kappa shape index (κ1) is 14.8. The van der Waals surface area contributed by atoms with E-state index in [9.17, 15) is 10.1 Å². The molecule has 3 aromatic carbocycles. The molecule has 0 atom stereocenters. The Morgan fingerprint density at radius 2 is 1.50 bits per heavy atom. The van der Waals surface area contributed by atoms with Crippen molar-refractivity contribution in [1.29, 1.82) is 0 Å². The SMILES string of the molecule is O=[N+]([O-])c1ccc2c(c1)C(=Cc1ccccc1Br)c1ccccc1-2. The van der Waals surface area contributed by atoms with Crippen molar-refractivity contribution in [2.75, 3.05) is 0 Å². The maximum Gasteiger partial charge on any atom is 0.270 e. The molecule has 116 valence electrons. The van der Waals surface area contributed by atoms with E-state index in [4.69, 9.17) is 0 Å². The van der Waals surface area contributed by atoms with Crippen molar-refractivity contribution in [3.05, 3.63) is 98.0 Å². The largest absolute Gasteiger partial charge is 0.270 e. The summed E-state index contributed by atoms with van der Waals surface area (Å²) in [6.07, 6.45) is 2.08. The van der Waals surface area contributed by atoms with Crippen LogP contribution in [-0.4, -0.2) is 4.92 Å². The molecule has 0 heterocycles. The van der Waals surface area contributed by atoms with Gasteiger partial charge in [0.1, 0.15) is 0 Å². The van der Waals surface area contributed by atoms with Crippen LogP contribution >= 0.6 is 15.9 Å². The predicted octanol–water partition coefficient (Wildman–Crippen LogP) is 5.93. The molecule has 0 unspecified atom stereocenters. The maximum atomic E-state index is 11.2. The summed E-state index contributed by atoms with van der Waals surface area (Å²) >= 11 is 3.57. The molecule has 3 nitrogen and oxygen atoms in total. The molecule has 24 heavy (non-hydrogen) atoms. The Balaban J connectivity index is 1.99. The highest BCUT2D eigenvalue weighted by molar-refractivity contribution is 9.10. The lowest BCUT2D eigenvalue weighted by Crippen LogP contribution is -1.90. The molecule has 0 bridgehead atoms. The van der Waals surface area contributed by atoms with Gasteiger partial charge in [-0.15, -0.1) is 0 Å². The van der Waals surface area contributed by atoms with Gasteiger partial charge >= 0.3 is 0 Å². The second kappa shape index (κ2) is 5.73. The molecule has 1 aliphatic carbocycles. The molecule has 1 aliphatic rings. The zero-order valence-corrected chi connectivity index (χ0v) is 14.2. The second-order valence-electron chi connectivity index (χ2n) is 5.61. The molecule has 4 heteroatoms. The molecule has 0 aliphatic heterocycles. The van der Waals surface area contributed by atoms with Crippen LogP contribution in [0, 0.1) is 10.1 Å². The van der Waals surface area contributed by atoms with Gasteiger partial charge in [0.05, 0.1) is 4.92 Å². The average Bonchev–Trinajstić information content (AvgIpc) is 2.90. The number of non-ortho nitro benzene ring substituents is 1. The number of hydrogen-bond donors (Lipinski definition) is 0.